The smallest absolute Gasteiger partial charge is 0.338 e. The SMILES string of the molecule is COC(=O)c1cc2cc(c1)OCCOCCOCCOCCOc1cccc3c(cccc13)OCCOCCOCCOCCO2. The Morgan fingerprint density at radius 3 is 1.20 bits per heavy atom. The Kier molecular flexibility index (Phi) is 16.2. The van der Waals surface area contributed by atoms with E-state index < -0.39 is 5.97 Å². The average Bonchev–Trinajstić information content (AvgIpc) is 3.08. The van der Waals surface area contributed by atoms with Gasteiger partial charge in [0, 0.05) is 16.8 Å². The molecule has 0 aromatic heterocycles. The molecule has 0 radical (unpaired) electrons. The van der Waals surface area contributed by atoms with Gasteiger partial charge < -0.3 is 52.1 Å². The average molecular weight is 645 g/mol. The summed E-state index contributed by atoms with van der Waals surface area (Å²) >= 11 is 0. The van der Waals surface area contributed by atoms with E-state index in [1.807, 2.05) is 36.4 Å². The van der Waals surface area contributed by atoms with Crippen LogP contribution in [0.5, 0.6) is 23.0 Å². The number of hydrogen-bond donors (Lipinski definition) is 0. The topological polar surface area (TPSA) is 119 Å². The van der Waals surface area contributed by atoms with Crippen molar-refractivity contribution in [2.24, 2.45) is 0 Å². The van der Waals surface area contributed by atoms with Crippen LogP contribution in [0.25, 0.3) is 10.8 Å². The minimum absolute atomic E-state index is 0.284. The third-order valence-corrected chi connectivity index (χ3v) is 6.59. The predicted molar refractivity (Wildman–Crippen MR) is 169 cm³/mol. The van der Waals surface area contributed by atoms with Crippen LogP contribution in [-0.4, -0.2) is 119 Å². The van der Waals surface area contributed by atoms with Crippen molar-refractivity contribution < 1.29 is 56.9 Å². The number of ether oxygens (including phenoxy) is 11. The molecule has 0 N–H and O–H groups in total. The summed E-state index contributed by atoms with van der Waals surface area (Å²) in [4.78, 5) is 12.1. The van der Waals surface area contributed by atoms with Gasteiger partial charge in [-0.3, -0.25) is 0 Å². The van der Waals surface area contributed by atoms with Gasteiger partial charge in [0.25, 0.3) is 0 Å². The van der Waals surface area contributed by atoms with Crippen molar-refractivity contribution >= 4 is 16.7 Å². The van der Waals surface area contributed by atoms with Crippen molar-refractivity contribution in [3.8, 4) is 23.0 Å². The molecule has 12 heteroatoms. The van der Waals surface area contributed by atoms with Gasteiger partial charge in [-0.05, 0) is 24.3 Å². The molecule has 0 amide bonds. The molecule has 6 bridgehead atoms. The van der Waals surface area contributed by atoms with E-state index in [2.05, 4.69) is 0 Å². The molecule has 46 heavy (non-hydrogen) atoms. The van der Waals surface area contributed by atoms with Gasteiger partial charge in [0.15, 0.2) is 0 Å². The highest BCUT2D eigenvalue weighted by Gasteiger charge is 2.11. The zero-order valence-electron chi connectivity index (χ0n) is 26.4. The van der Waals surface area contributed by atoms with Gasteiger partial charge >= 0.3 is 5.97 Å². The van der Waals surface area contributed by atoms with Crippen molar-refractivity contribution in [3.63, 3.8) is 0 Å². The molecule has 1 heterocycles. The molecule has 0 fully saturated rings. The molecule has 0 spiro atoms. The van der Waals surface area contributed by atoms with E-state index in [1.165, 1.54) is 7.11 Å². The van der Waals surface area contributed by atoms with Crippen LogP contribution in [0.15, 0.2) is 54.6 Å². The first kappa shape index (κ1) is 35.2. The molecule has 3 aromatic rings. The molecule has 4 rings (SSSR count). The molecular formula is C34H44O12. The van der Waals surface area contributed by atoms with E-state index in [0.717, 1.165) is 22.3 Å². The molecule has 12 nitrogen and oxygen atoms in total. The normalized spacial score (nSPS) is 17.8. The molecular weight excluding hydrogens is 600 g/mol. The van der Waals surface area contributed by atoms with Crippen LogP contribution in [0.3, 0.4) is 0 Å². The van der Waals surface area contributed by atoms with E-state index >= 15 is 0 Å². The number of hydrogen-bond acceptors (Lipinski definition) is 12. The molecule has 0 saturated carbocycles. The van der Waals surface area contributed by atoms with E-state index in [9.17, 15) is 4.79 Å². The fraction of sp³-hybridized carbons (Fsp3) is 0.500. The third kappa shape index (κ3) is 12.6. The first-order chi connectivity index (χ1) is 22.7. The van der Waals surface area contributed by atoms with Gasteiger partial charge in [0.05, 0.1) is 92.0 Å². The summed E-state index contributed by atoms with van der Waals surface area (Å²) in [5.74, 6) is 1.98. The minimum atomic E-state index is -0.490. The van der Waals surface area contributed by atoms with Gasteiger partial charge in [0.1, 0.15) is 49.4 Å². The lowest BCUT2D eigenvalue weighted by Gasteiger charge is -2.13. The standard InChI is InChI=1S/C34H44O12/c1-36-34(35)27-24-28-26-29(25-27)44-21-17-40-13-9-38-11-15-42-19-23-46-33-7-3-5-31-30(33)4-2-6-32(31)45-22-18-41-14-10-37-8-12-39-16-20-43-28/h2-7,24-26H,8-23H2,1H3. The summed E-state index contributed by atoms with van der Waals surface area (Å²) in [7, 11) is 1.32. The van der Waals surface area contributed by atoms with Gasteiger partial charge in [-0.1, -0.05) is 24.3 Å². The quantitative estimate of drug-likeness (QED) is 0.357. The molecule has 0 saturated heterocycles. The number of methoxy groups -OCH3 is 1. The summed E-state index contributed by atoms with van der Waals surface area (Å²) in [5.41, 5.74) is 0.320. The van der Waals surface area contributed by atoms with Crippen molar-refractivity contribution in [2.45, 2.75) is 0 Å². The monoisotopic (exact) mass is 644 g/mol. The zero-order valence-corrected chi connectivity index (χ0v) is 26.4. The summed E-state index contributed by atoms with van der Waals surface area (Å²) in [6.45, 7) is 6.40. The number of fused-ring (bicyclic) bond motifs is 2. The molecule has 252 valence electrons. The maximum Gasteiger partial charge on any atom is 0.338 e. The predicted octanol–water partition coefficient (Wildman–Crippen LogP) is 3.96. The number of rotatable bonds is 1. The lowest BCUT2D eigenvalue weighted by molar-refractivity contribution is 0.00477. The number of esters is 1. The minimum Gasteiger partial charge on any atom is -0.491 e. The Hall–Kier alpha value is -3.65. The molecule has 0 aliphatic carbocycles. The number of benzene rings is 3. The van der Waals surface area contributed by atoms with Crippen LogP contribution in [0.4, 0.5) is 0 Å². The summed E-state index contributed by atoms with van der Waals surface area (Å²) in [6.07, 6.45) is 0. The Bertz CT molecular complexity index is 1210. The van der Waals surface area contributed by atoms with Crippen LogP contribution < -0.4 is 18.9 Å². The molecule has 1 aliphatic rings. The maximum atomic E-state index is 12.1. The van der Waals surface area contributed by atoms with Gasteiger partial charge in [0.2, 0.25) is 0 Å². The Balaban J connectivity index is 1.24. The highest BCUT2D eigenvalue weighted by molar-refractivity contribution is 5.93. The van der Waals surface area contributed by atoms with E-state index in [-0.39, 0.29) is 13.2 Å². The largest absolute Gasteiger partial charge is 0.491 e. The third-order valence-electron chi connectivity index (χ3n) is 6.59. The van der Waals surface area contributed by atoms with Crippen molar-refractivity contribution in [3.05, 3.63) is 60.2 Å². The second-order valence-corrected chi connectivity index (χ2v) is 9.86. The second kappa shape index (κ2) is 21.2. The zero-order chi connectivity index (χ0) is 32.1. The number of carbonyl (C=O) groups excluding carboxylic acids is 1. The highest BCUT2D eigenvalue weighted by atomic mass is 16.6. The lowest BCUT2D eigenvalue weighted by atomic mass is 10.1. The summed E-state index contributed by atoms with van der Waals surface area (Å²) in [5, 5.41) is 1.94. The fourth-order valence-electron chi connectivity index (χ4n) is 4.42. The van der Waals surface area contributed by atoms with Gasteiger partial charge in [-0.2, -0.15) is 0 Å². The fourth-order valence-corrected chi connectivity index (χ4v) is 4.42. The maximum absolute atomic E-state index is 12.1. The summed E-state index contributed by atoms with van der Waals surface area (Å²) in [6, 6.07) is 16.7. The van der Waals surface area contributed by atoms with E-state index in [0.29, 0.717) is 110 Å². The van der Waals surface area contributed by atoms with E-state index in [4.69, 9.17) is 52.1 Å². The van der Waals surface area contributed by atoms with Crippen molar-refractivity contribution in [2.75, 3.05) is 113 Å². The first-order valence-corrected chi connectivity index (χ1v) is 15.5. The summed E-state index contributed by atoms with van der Waals surface area (Å²) < 4.78 is 62.0. The first-order valence-electron chi connectivity index (χ1n) is 15.5. The van der Waals surface area contributed by atoms with Crippen molar-refractivity contribution in [1.82, 2.24) is 0 Å². The molecule has 0 atom stereocenters. The Morgan fingerprint density at radius 1 is 0.478 bits per heavy atom. The van der Waals surface area contributed by atoms with Gasteiger partial charge in [-0.15, -0.1) is 0 Å². The van der Waals surface area contributed by atoms with Crippen LogP contribution >= 0.6 is 0 Å². The Morgan fingerprint density at radius 2 is 0.826 bits per heavy atom. The molecule has 3 aromatic carbocycles. The van der Waals surface area contributed by atoms with Crippen molar-refractivity contribution in [1.29, 1.82) is 0 Å². The number of carbonyl (C=O) groups is 1. The van der Waals surface area contributed by atoms with Gasteiger partial charge in [-0.25, -0.2) is 4.79 Å². The van der Waals surface area contributed by atoms with Crippen LogP contribution in [-0.2, 0) is 33.2 Å². The van der Waals surface area contributed by atoms with E-state index in [1.54, 1.807) is 18.2 Å². The Labute approximate surface area is 269 Å². The molecule has 1 aliphatic heterocycles. The van der Waals surface area contributed by atoms with Crippen LogP contribution in [0.2, 0.25) is 0 Å². The second-order valence-electron chi connectivity index (χ2n) is 9.86. The van der Waals surface area contributed by atoms with Crippen LogP contribution in [0.1, 0.15) is 10.4 Å². The van der Waals surface area contributed by atoms with Crippen LogP contribution in [0, 0.1) is 0 Å². The molecule has 0 unspecified atom stereocenters. The highest BCUT2D eigenvalue weighted by Crippen LogP contribution is 2.32. The lowest BCUT2D eigenvalue weighted by Crippen LogP contribution is -2.14.